The highest BCUT2D eigenvalue weighted by Gasteiger charge is 2.14. The molecular weight excluding hydrogens is 266 g/mol. The molecule has 0 bridgehead atoms. The molecule has 1 rings (SSSR count). The number of aryl methyl sites for hydroxylation is 1. The van der Waals surface area contributed by atoms with Crippen molar-refractivity contribution in [3.63, 3.8) is 0 Å². The van der Waals surface area contributed by atoms with Crippen LogP contribution in [0.3, 0.4) is 0 Å². The smallest absolute Gasteiger partial charge is 0.191 e. The highest BCUT2D eigenvalue weighted by atomic mass is 15.3. The quantitative estimate of drug-likeness (QED) is 0.565. The zero-order valence-corrected chi connectivity index (χ0v) is 14.1. The highest BCUT2D eigenvalue weighted by molar-refractivity contribution is 5.79. The van der Waals surface area contributed by atoms with Gasteiger partial charge in [0.25, 0.3) is 0 Å². The van der Waals surface area contributed by atoms with E-state index in [9.17, 15) is 0 Å². The van der Waals surface area contributed by atoms with E-state index in [2.05, 4.69) is 58.6 Å². The average molecular weight is 295 g/mol. The van der Waals surface area contributed by atoms with Gasteiger partial charge in [0.1, 0.15) is 12.2 Å². The molecule has 1 heterocycles. The minimum absolute atomic E-state index is 0.485. The van der Waals surface area contributed by atoms with Gasteiger partial charge in [-0.2, -0.15) is 5.10 Å². The summed E-state index contributed by atoms with van der Waals surface area (Å²) in [5, 5.41) is 10.7. The van der Waals surface area contributed by atoms with E-state index in [1.165, 1.54) is 0 Å². The van der Waals surface area contributed by atoms with Crippen molar-refractivity contribution in [1.82, 2.24) is 30.3 Å². The molecule has 0 aliphatic rings. The fourth-order valence-corrected chi connectivity index (χ4v) is 2.10. The van der Waals surface area contributed by atoms with Gasteiger partial charge in [0.15, 0.2) is 5.96 Å². The maximum Gasteiger partial charge on any atom is 0.191 e. The Kier molecular flexibility index (Phi) is 7.14. The summed E-state index contributed by atoms with van der Waals surface area (Å²) in [5.74, 6) is 2.34. The summed E-state index contributed by atoms with van der Waals surface area (Å²) in [6, 6.07) is 0.485. The van der Waals surface area contributed by atoms with E-state index in [0.717, 1.165) is 24.7 Å². The summed E-state index contributed by atoms with van der Waals surface area (Å²) in [6.45, 7) is 5.96. The van der Waals surface area contributed by atoms with Crippen LogP contribution in [0.4, 0.5) is 0 Å². The molecule has 0 aromatic carbocycles. The second-order valence-electron chi connectivity index (χ2n) is 5.85. The van der Waals surface area contributed by atoms with Crippen LogP contribution in [-0.2, 0) is 13.6 Å². The van der Waals surface area contributed by atoms with Crippen molar-refractivity contribution in [3.05, 3.63) is 12.2 Å². The Morgan fingerprint density at radius 1 is 1.38 bits per heavy atom. The van der Waals surface area contributed by atoms with Crippen LogP contribution < -0.4 is 10.6 Å². The van der Waals surface area contributed by atoms with Crippen molar-refractivity contribution in [3.8, 4) is 0 Å². The van der Waals surface area contributed by atoms with E-state index < -0.39 is 0 Å². The number of aromatic nitrogens is 3. The molecular formula is C14H29N7. The molecule has 1 aromatic rings. The number of guanidine groups is 1. The van der Waals surface area contributed by atoms with Crippen molar-refractivity contribution in [2.45, 2.75) is 32.9 Å². The molecule has 120 valence electrons. The summed E-state index contributed by atoms with van der Waals surface area (Å²) < 4.78 is 1.75. The van der Waals surface area contributed by atoms with Crippen LogP contribution in [0, 0.1) is 5.92 Å². The van der Waals surface area contributed by atoms with Gasteiger partial charge in [-0.3, -0.25) is 9.67 Å². The Morgan fingerprint density at radius 2 is 2.10 bits per heavy atom. The predicted molar refractivity (Wildman–Crippen MR) is 86.1 cm³/mol. The van der Waals surface area contributed by atoms with Gasteiger partial charge in [-0.1, -0.05) is 13.8 Å². The Bertz CT molecular complexity index is 436. The van der Waals surface area contributed by atoms with Crippen LogP contribution in [0.15, 0.2) is 11.3 Å². The van der Waals surface area contributed by atoms with Crippen LogP contribution in [0.1, 0.15) is 26.1 Å². The Hall–Kier alpha value is -1.63. The standard InChI is InChI=1S/C14H29N7/c1-11(2)7-12(20(4)5)8-16-14(15-3)17-9-13-18-10-19-21(13)6/h10-12H,7-9H2,1-6H3,(H2,15,16,17). The fraction of sp³-hybridized carbons (Fsp3) is 0.786. The van der Waals surface area contributed by atoms with Crippen LogP contribution in [0.25, 0.3) is 0 Å². The number of hydrogen-bond donors (Lipinski definition) is 2. The first kappa shape index (κ1) is 17.4. The maximum absolute atomic E-state index is 4.25. The van der Waals surface area contributed by atoms with Crippen LogP contribution in [-0.4, -0.2) is 59.4 Å². The van der Waals surface area contributed by atoms with Crippen LogP contribution in [0.2, 0.25) is 0 Å². The number of rotatable bonds is 7. The molecule has 0 saturated carbocycles. The molecule has 0 spiro atoms. The third-order valence-electron chi connectivity index (χ3n) is 3.42. The van der Waals surface area contributed by atoms with Gasteiger partial charge < -0.3 is 15.5 Å². The summed E-state index contributed by atoms with van der Waals surface area (Å²) in [6.07, 6.45) is 2.71. The van der Waals surface area contributed by atoms with E-state index >= 15 is 0 Å². The second kappa shape index (κ2) is 8.61. The topological polar surface area (TPSA) is 70.4 Å². The number of nitrogens with one attached hydrogen (secondary N) is 2. The first-order valence-corrected chi connectivity index (χ1v) is 7.37. The molecule has 1 aromatic heterocycles. The van der Waals surface area contributed by atoms with Crippen LogP contribution >= 0.6 is 0 Å². The summed E-state index contributed by atoms with van der Waals surface area (Å²) in [5.41, 5.74) is 0. The van der Waals surface area contributed by atoms with E-state index in [1.807, 2.05) is 7.05 Å². The number of aliphatic imine (C=N–C) groups is 1. The zero-order chi connectivity index (χ0) is 15.8. The fourth-order valence-electron chi connectivity index (χ4n) is 2.10. The van der Waals surface area contributed by atoms with E-state index in [-0.39, 0.29) is 0 Å². The molecule has 0 aliphatic heterocycles. The van der Waals surface area contributed by atoms with Gasteiger partial charge in [-0.15, -0.1) is 0 Å². The number of nitrogens with zero attached hydrogens (tertiary/aromatic N) is 5. The molecule has 0 saturated heterocycles. The van der Waals surface area contributed by atoms with Gasteiger partial charge >= 0.3 is 0 Å². The van der Waals surface area contributed by atoms with Crippen molar-refractivity contribution < 1.29 is 0 Å². The molecule has 21 heavy (non-hydrogen) atoms. The SMILES string of the molecule is CN=C(NCc1ncnn1C)NCC(CC(C)C)N(C)C. The lowest BCUT2D eigenvalue weighted by Gasteiger charge is -2.27. The van der Waals surface area contributed by atoms with Crippen molar-refractivity contribution in [2.24, 2.45) is 18.0 Å². The normalized spacial score (nSPS) is 13.8. The molecule has 0 radical (unpaired) electrons. The lowest BCUT2D eigenvalue weighted by atomic mass is 10.0. The number of likely N-dealkylation sites (N-methyl/N-ethyl adjacent to an activating group) is 1. The molecule has 0 amide bonds. The van der Waals surface area contributed by atoms with Gasteiger partial charge in [-0.05, 0) is 26.4 Å². The largest absolute Gasteiger partial charge is 0.355 e. The summed E-state index contributed by atoms with van der Waals surface area (Å²) in [4.78, 5) is 10.7. The molecule has 1 atom stereocenters. The van der Waals surface area contributed by atoms with Gasteiger partial charge in [0.05, 0.1) is 6.54 Å². The van der Waals surface area contributed by atoms with E-state index in [0.29, 0.717) is 18.5 Å². The first-order valence-electron chi connectivity index (χ1n) is 7.37. The molecule has 2 N–H and O–H groups in total. The Balaban J connectivity index is 2.45. The lowest BCUT2D eigenvalue weighted by molar-refractivity contribution is 0.254. The van der Waals surface area contributed by atoms with Crippen molar-refractivity contribution in [1.29, 1.82) is 0 Å². The maximum atomic E-state index is 4.25. The third kappa shape index (κ3) is 6.12. The van der Waals surface area contributed by atoms with E-state index in [4.69, 9.17) is 0 Å². The zero-order valence-electron chi connectivity index (χ0n) is 14.1. The predicted octanol–water partition coefficient (Wildman–Crippen LogP) is 0.456. The van der Waals surface area contributed by atoms with Crippen molar-refractivity contribution >= 4 is 5.96 Å². The average Bonchev–Trinajstić information content (AvgIpc) is 2.82. The molecule has 0 fully saturated rings. The lowest BCUT2D eigenvalue weighted by Crippen LogP contribution is -2.45. The van der Waals surface area contributed by atoms with Crippen molar-refractivity contribution in [2.75, 3.05) is 27.7 Å². The van der Waals surface area contributed by atoms with Gasteiger partial charge in [-0.25, -0.2) is 4.98 Å². The Labute approximate surface area is 127 Å². The third-order valence-corrected chi connectivity index (χ3v) is 3.42. The monoisotopic (exact) mass is 295 g/mol. The first-order chi connectivity index (χ1) is 9.93. The molecule has 7 heteroatoms. The molecule has 7 nitrogen and oxygen atoms in total. The van der Waals surface area contributed by atoms with Crippen LogP contribution in [0.5, 0.6) is 0 Å². The van der Waals surface area contributed by atoms with E-state index in [1.54, 1.807) is 18.1 Å². The molecule has 0 aliphatic carbocycles. The molecule has 1 unspecified atom stereocenters. The van der Waals surface area contributed by atoms with Gasteiger partial charge in [0.2, 0.25) is 0 Å². The number of hydrogen-bond acceptors (Lipinski definition) is 4. The summed E-state index contributed by atoms with van der Waals surface area (Å²) in [7, 11) is 7.89. The highest BCUT2D eigenvalue weighted by Crippen LogP contribution is 2.07. The Morgan fingerprint density at radius 3 is 2.57 bits per heavy atom. The minimum atomic E-state index is 0.485. The second-order valence-corrected chi connectivity index (χ2v) is 5.85. The summed E-state index contributed by atoms with van der Waals surface area (Å²) >= 11 is 0. The van der Waals surface area contributed by atoms with Gasteiger partial charge in [0, 0.05) is 26.7 Å². The minimum Gasteiger partial charge on any atom is -0.355 e.